The molecule has 2 aromatic carbocycles. The van der Waals surface area contributed by atoms with Crippen LogP contribution in [0.3, 0.4) is 0 Å². The van der Waals surface area contributed by atoms with Crippen LogP contribution in [-0.2, 0) is 0 Å². The molecule has 94 valence electrons. The van der Waals surface area contributed by atoms with Crippen LogP contribution in [0.4, 0.5) is 8.78 Å². The Hall–Kier alpha value is -1.74. The molecule has 0 spiro atoms. The van der Waals surface area contributed by atoms with Crippen molar-refractivity contribution in [2.45, 2.75) is 19.9 Å². The summed E-state index contributed by atoms with van der Waals surface area (Å²) in [6, 6.07) is 9.57. The van der Waals surface area contributed by atoms with Gasteiger partial charge in [0.1, 0.15) is 11.6 Å². The highest BCUT2D eigenvalue weighted by atomic mass is 19.1. The quantitative estimate of drug-likeness (QED) is 0.854. The second-order valence-corrected chi connectivity index (χ2v) is 4.46. The van der Waals surface area contributed by atoms with Crippen LogP contribution < -0.4 is 5.73 Å². The molecule has 1 unspecified atom stereocenters. The van der Waals surface area contributed by atoms with Gasteiger partial charge in [0.15, 0.2) is 0 Å². The van der Waals surface area contributed by atoms with Crippen LogP contribution in [0.2, 0.25) is 0 Å². The van der Waals surface area contributed by atoms with Crippen LogP contribution >= 0.6 is 0 Å². The molecule has 2 N–H and O–H groups in total. The number of halogens is 2. The van der Waals surface area contributed by atoms with E-state index >= 15 is 0 Å². The lowest BCUT2D eigenvalue weighted by atomic mass is 9.94. The van der Waals surface area contributed by atoms with Crippen molar-refractivity contribution in [3.8, 4) is 11.1 Å². The maximum Gasteiger partial charge on any atom is 0.133 e. The third-order valence-electron chi connectivity index (χ3n) is 2.99. The van der Waals surface area contributed by atoms with Crippen molar-refractivity contribution in [1.82, 2.24) is 0 Å². The third-order valence-corrected chi connectivity index (χ3v) is 2.99. The van der Waals surface area contributed by atoms with Crippen molar-refractivity contribution < 1.29 is 8.78 Å². The molecular formula is C15H15F2N. The summed E-state index contributed by atoms with van der Waals surface area (Å²) in [6.07, 6.45) is 0. The second-order valence-electron chi connectivity index (χ2n) is 4.46. The highest BCUT2D eigenvalue weighted by molar-refractivity contribution is 5.69. The van der Waals surface area contributed by atoms with Gasteiger partial charge >= 0.3 is 0 Å². The first-order chi connectivity index (χ1) is 8.50. The Balaban J connectivity index is 2.66. The Morgan fingerprint density at radius 3 is 2.33 bits per heavy atom. The predicted octanol–water partition coefficient (Wildman–Crippen LogP) is 3.96. The van der Waals surface area contributed by atoms with Gasteiger partial charge in [0.05, 0.1) is 0 Å². The van der Waals surface area contributed by atoms with Gasteiger partial charge in [-0.1, -0.05) is 24.3 Å². The molecule has 0 bridgehead atoms. The number of nitrogens with two attached hydrogens (primary N) is 1. The van der Waals surface area contributed by atoms with Crippen molar-refractivity contribution in [2.75, 3.05) is 0 Å². The Labute approximate surface area is 105 Å². The fraction of sp³-hybridized carbons (Fsp3) is 0.200. The molecule has 0 amide bonds. The molecule has 0 aliphatic rings. The fourth-order valence-corrected chi connectivity index (χ4v) is 2.00. The zero-order valence-corrected chi connectivity index (χ0v) is 10.4. The zero-order valence-electron chi connectivity index (χ0n) is 10.4. The van der Waals surface area contributed by atoms with E-state index in [0.717, 1.165) is 11.6 Å². The molecular weight excluding hydrogens is 232 g/mol. The van der Waals surface area contributed by atoms with E-state index in [9.17, 15) is 8.78 Å². The van der Waals surface area contributed by atoms with E-state index in [1.54, 1.807) is 13.0 Å². The Morgan fingerprint density at radius 2 is 1.67 bits per heavy atom. The largest absolute Gasteiger partial charge is 0.324 e. The fourth-order valence-electron chi connectivity index (χ4n) is 2.00. The van der Waals surface area contributed by atoms with E-state index in [2.05, 4.69) is 0 Å². The summed E-state index contributed by atoms with van der Waals surface area (Å²) >= 11 is 0. The van der Waals surface area contributed by atoms with Crippen molar-refractivity contribution in [3.05, 3.63) is 59.2 Å². The molecule has 0 aromatic heterocycles. The van der Waals surface area contributed by atoms with E-state index in [1.807, 2.05) is 25.1 Å². The molecule has 0 fully saturated rings. The molecule has 0 aliphatic heterocycles. The maximum atomic E-state index is 13.9. The van der Waals surface area contributed by atoms with Crippen LogP contribution in [0.25, 0.3) is 11.1 Å². The summed E-state index contributed by atoms with van der Waals surface area (Å²) in [6.45, 7) is 3.46. The summed E-state index contributed by atoms with van der Waals surface area (Å²) in [7, 11) is 0. The standard InChI is InChI=1S/C15H15F2N/c1-9-7-13(15(17)8-14(9)16)12-6-4-3-5-11(12)10(2)18/h3-8,10H,18H2,1-2H3. The van der Waals surface area contributed by atoms with Gasteiger partial charge in [-0.15, -0.1) is 0 Å². The Morgan fingerprint density at radius 1 is 1.00 bits per heavy atom. The topological polar surface area (TPSA) is 26.0 Å². The lowest BCUT2D eigenvalue weighted by Crippen LogP contribution is -2.07. The third kappa shape index (κ3) is 2.27. The molecule has 18 heavy (non-hydrogen) atoms. The Bertz CT molecular complexity index is 577. The highest BCUT2D eigenvalue weighted by Crippen LogP contribution is 2.30. The van der Waals surface area contributed by atoms with E-state index in [1.165, 1.54) is 6.07 Å². The monoisotopic (exact) mass is 247 g/mol. The van der Waals surface area contributed by atoms with Gasteiger partial charge in [-0.05, 0) is 36.6 Å². The maximum absolute atomic E-state index is 13.9. The average Bonchev–Trinajstić information content (AvgIpc) is 2.34. The minimum Gasteiger partial charge on any atom is -0.324 e. The summed E-state index contributed by atoms with van der Waals surface area (Å²) in [5.41, 5.74) is 8.25. The lowest BCUT2D eigenvalue weighted by Gasteiger charge is -2.14. The summed E-state index contributed by atoms with van der Waals surface area (Å²) in [5, 5.41) is 0. The van der Waals surface area contributed by atoms with Gasteiger partial charge < -0.3 is 5.73 Å². The van der Waals surface area contributed by atoms with Crippen LogP contribution in [0.5, 0.6) is 0 Å². The van der Waals surface area contributed by atoms with Crippen LogP contribution in [-0.4, -0.2) is 0 Å². The van der Waals surface area contributed by atoms with Crippen molar-refractivity contribution in [1.29, 1.82) is 0 Å². The summed E-state index contributed by atoms with van der Waals surface area (Å²) in [5.74, 6) is -1.10. The van der Waals surface area contributed by atoms with Crippen LogP contribution in [0, 0.1) is 18.6 Å². The van der Waals surface area contributed by atoms with E-state index < -0.39 is 11.6 Å². The molecule has 1 nitrogen and oxygen atoms in total. The van der Waals surface area contributed by atoms with E-state index in [0.29, 0.717) is 16.7 Å². The second kappa shape index (κ2) is 4.86. The van der Waals surface area contributed by atoms with Crippen molar-refractivity contribution in [2.24, 2.45) is 5.73 Å². The molecule has 2 rings (SSSR count). The molecule has 0 heterocycles. The van der Waals surface area contributed by atoms with E-state index in [4.69, 9.17) is 5.73 Å². The Kier molecular flexibility index (Phi) is 3.43. The summed E-state index contributed by atoms with van der Waals surface area (Å²) in [4.78, 5) is 0. The van der Waals surface area contributed by atoms with Gasteiger partial charge in [-0.25, -0.2) is 8.78 Å². The molecule has 2 aromatic rings. The average molecular weight is 247 g/mol. The number of aryl methyl sites for hydroxylation is 1. The van der Waals surface area contributed by atoms with Crippen molar-refractivity contribution in [3.63, 3.8) is 0 Å². The molecule has 0 aliphatic carbocycles. The lowest BCUT2D eigenvalue weighted by molar-refractivity contribution is 0.579. The predicted molar refractivity (Wildman–Crippen MR) is 69.1 cm³/mol. The number of rotatable bonds is 2. The van der Waals surface area contributed by atoms with Crippen molar-refractivity contribution >= 4 is 0 Å². The smallest absolute Gasteiger partial charge is 0.133 e. The van der Waals surface area contributed by atoms with Gasteiger partial charge in [-0.3, -0.25) is 0 Å². The highest BCUT2D eigenvalue weighted by Gasteiger charge is 2.14. The van der Waals surface area contributed by atoms with Gasteiger partial charge in [0.25, 0.3) is 0 Å². The molecule has 3 heteroatoms. The normalized spacial score (nSPS) is 12.5. The first kappa shape index (κ1) is 12.7. The molecule has 0 saturated heterocycles. The minimum absolute atomic E-state index is 0.203. The van der Waals surface area contributed by atoms with Gasteiger partial charge in [0.2, 0.25) is 0 Å². The SMILES string of the molecule is Cc1cc(-c2ccccc2C(C)N)c(F)cc1F. The molecule has 0 radical (unpaired) electrons. The van der Waals surface area contributed by atoms with E-state index in [-0.39, 0.29) is 6.04 Å². The first-order valence-corrected chi connectivity index (χ1v) is 5.81. The van der Waals surface area contributed by atoms with Gasteiger partial charge in [0, 0.05) is 17.7 Å². The van der Waals surface area contributed by atoms with Crippen LogP contribution in [0.15, 0.2) is 36.4 Å². The number of hydrogen-bond acceptors (Lipinski definition) is 1. The van der Waals surface area contributed by atoms with Crippen LogP contribution in [0.1, 0.15) is 24.1 Å². The summed E-state index contributed by atoms with van der Waals surface area (Å²) < 4.78 is 27.1. The minimum atomic E-state index is -0.564. The molecule has 0 saturated carbocycles. The first-order valence-electron chi connectivity index (χ1n) is 5.81. The number of hydrogen-bond donors (Lipinski definition) is 1. The molecule has 1 atom stereocenters. The number of benzene rings is 2. The van der Waals surface area contributed by atoms with Gasteiger partial charge in [-0.2, -0.15) is 0 Å². The zero-order chi connectivity index (χ0) is 13.3.